The number of amides is 1. The van der Waals surface area contributed by atoms with Gasteiger partial charge in [-0.25, -0.2) is 8.78 Å². The number of rotatable bonds is 5. The van der Waals surface area contributed by atoms with Crippen molar-refractivity contribution in [2.75, 3.05) is 13.6 Å². The first kappa shape index (κ1) is 17.7. The number of nitrogens with zero attached hydrogens (tertiary/aromatic N) is 1. The Morgan fingerprint density at radius 2 is 1.71 bits per heavy atom. The summed E-state index contributed by atoms with van der Waals surface area (Å²) in [5, 5.41) is 9.39. The molecule has 2 aromatic rings. The molecule has 0 bridgehead atoms. The molecule has 24 heavy (non-hydrogen) atoms. The zero-order chi connectivity index (χ0) is 17.9. The molecule has 0 aliphatic heterocycles. The van der Waals surface area contributed by atoms with Gasteiger partial charge in [-0.15, -0.1) is 0 Å². The average molecular weight is 333 g/mol. The van der Waals surface area contributed by atoms with Crippen molar-refractivity contribution in [3.05, 3.63) is 70.8 Å². The third-order valence-corrected chi connectivity index (χ3v) is 3.47. The van der Waals surface area contributed by atoms with E-state index >= 15 is 0 Å². The number of hydrogen-bond acceptors (Lipinski definition) is 3. The van der Waals surface area contributed by atoms with Gasteiger partial charge >= 0.3 is 0 Å². The van der Waals surface area contributed by atoms with Crippen LogP contribution in [0, 0.1) is 11.6 Å². The van der Waals surface area contributed by atoms with Gasteiger partial charge in [0.25, 0.3) is 5.91 Å². The zero-order valence-corrected chi connectivity index (χ0v) is 13.3. The second kappa shape index (κ2) is 7.31. The molecular weight excluding hydrogens is 316 g/mol. The predicted octanol–water partition coefficient (Wildman–Crippen LogP) is 2.65. The van der Waals surface area contributed by atoms with E-state index in [0.717, 1.165) is 12.1 Å². The number of likely N-dealkylation sites (N-methyl/N-ethyl adjacent to an activating group) is 1. The summed E-state index contributed by atoms with van der Waals surface area (Å²) in [4.78, 5) is 26.4. The van der Waals surface area contributed by atoms with Gasteiger partial charge < -0.3 is 10.0 Å². The summed E-state index contributed by atoms with van der Waals surface area (Å²) in [5.74, 6) is -3.20. The maximum absolute atomic E-state index is 13.4. The van der Waals surface area contributed by atoms with Crippen molar-refractivity contribution in [1.82, 2.24) is 4.90 Å². The summed E-state index contributed by atoms with van der Waals surface area (Å²) < 4.78 is 26.4. The SMILES string of the molecule is C[C@H](O)CN(C)C(=O)c1ccccc1C(=O)c1ccc(F)c(F)c1. The lowest BCUT2D eigenvalue weighted by Gasteiger charge is -2.20. The molecule has 1 amide bonds. The van der Waals surface area contributed by atoms with Crippen LogP contribution in [-0.4, -0.2) is 41.4 Å². The molecule has 2 aromatic carbocycles. The van der Waals surface area contributed by atoms with Crippen molar-refractivity contribution in [2.45, 2.75) is 13.0 Å². The monoisotopic (exact) mass is 333 g/mol. The Morgan fingerprint density at radius 1 is 1.08 bits per heavy atom. The number of aliphatic hydroxyl groups excluding tert-OH is 1. The summed E-state index contributed by atoms with van der Waals surface area (Å²) >= 11 is 0. The van der Waals surface area contributed by atoms with Crippen molar-refractivity contribution in [2.24, 2.45) is 0 Å². The summed E-state index contributed by atoms with van der Waals surface area (Å²) in [5.41, 5.74) is 0.175. The highest BCUT2D eigenvalue weighted by molar-refractivity contribution is 6.15. The summed E-state index contributed by atoms with van der Waals surface area (Å²) in [6.07, 6.45) is -0.715. The topological polar surface area (TPSA) is 57.6 Å². The fourth-order valence-electron chi connectivity index (χ4n) is 2.35. The molecule has 0 spiro atoms. The van der Waals surface area contributed by atoms with Crippen LogP contribution in [0.2, 0.25) is 0 Å². The molecule has 1 atom stereocenters. The Labute approximate surface area is 138 Å². The number of halogens is 2. The van der Waals surface area contributed by atoms with Crippen LogP contribution in [0.5, 0.6) is 0 Å². The molecule has 6 heteroatoms. The number of hydrogen-bond donors (Lipinski definition) is 1. The Bertz CT molecular complexity index is 775. The first-order valence-electron chi connectivity index (χ1n) is 7.33. The van der Waals surface area contributed by atoms with Crippen molar-refractivity contribution in [3.63, 3.8) is 0 Å². The minimum atomic E-state index is -1.13. The number of carbonyl (C=O) groups is 2. The van der Waals surface area contributed by atoms with E-state index in [0.29, 0.717) is 0 Å². The molecule has 126 valence electrons. The Balaban J connectivity index is 2.39. The molecule has 0 fully saturated rings. The lowest BCUT2D eigenvalue weighted by atomic mass is 9.97. The summed E-state index contributed by atoms with van der Waals surface area (Å²) in [6.45, 7) is 1.65. The average Bonchev–Trinajstić information content (AvgIpc) is 2.55. The first-order chi connectivity index (χ1) is 11.3. The van der Waals surface area contributed by atoms with Gasteiger partial charge in [-0.1, -0.05) is 18.2 Å². The van der Waals surface area contributed by atoms with Crippen LogP contribution in [0.25, 0.3) is 0 Å². The second-order valence-corrected chi connectivity index (χ2v) is 5.54. The Morgan fingerprint density at radius 3 is 2.29 bits per heavy atom. The quantitative estimate of drug-likeness (QED) is 0.856. The van der Waals surface area contributed by atoms with E-state index in [1.165, 1.54) is 30.1 Å². The molecule has 2 rings (SSSR count). The Kier molecular flexibility index (Phi) is 5.41. The number of aliphatic hydroxyl groups is 1. The molecule has 1 N–H and O–H groups in total. The fourth-order valence-corrected chi connectivity index (χ4v) is 2.35. The molecule has 0 heterocycles. The van der Waals surface area contributed by atoms with E-state index in [-0.39, 0.29) is 23.2 Å². The highest BCUT2D eigenvalue weighted by Gasteiger charge is 2.21. The largest absolute Gasteiger partial charge is 0.392 e. The smallest absolute Gasteiger partial charge is 0.254 e. The number of benzene rings is 2. The van der Waals surface area contributed by atoms with E-state index in [4.69, 9.17) is 0 Å². The molecule has 0 aliphatic rings. The van der Waals surface area contributed by atoms with Crippen LogP contribution in [0.3, 0.4) is 0 Å². The van der Waals surface area contributed by atoms with Crippen molar-refractivity contribution >= 4 is 11.7 Å². The predicted molar refractivity (Wildman–Crippen MR) is 84.9 cm³/mol. The van der Waals surface area contributed by atoms with Crippen molar-refractivity contribution < 1.29 is 23.5 Å². The van der Waals surface area contributed by atoms with Crippen molar-refractivity contribution in [1.29, 1.82) is 0 Å². The van der Waals surface area contributed by atoms with Gasteiger partial charge in [0, 0.05) is 24.7 Å². The van der Waals surface area contributed by atoms with E-state index < -0.39 is 29.4 Å². The molecule has 0 aromatic heterocycles. The molecular formula is C18H17F2NO3. The highest BCUT2D eigenvalue weighted by Crippen LogP contribution is 2.18. The van der Waals surface area contributed by atoms with E-state index in [1.54, 1.807) is 19.1 Å². The van der Waals surface area contributed by atoms with Crippen molar-refractivity contribution in [3.8, 4) is 0 Å². The Hall–Kier alpha value is -2.60. The highest BCUT2D eigenvalue weighted by atomic mass is 19.2. The van der Waals surface area contributed by atoms with Gasteiger partial charge in [-0.3, -0.25) is 9.59 Å². The maximum Gasteiger partial charge on any atom is 0.254 e. The third-order valence-electron chi connectivity index (χ3n) is 3.47. The number of carbonyl (C=O) groups excluding carboxylic acids is 2. The van der Waals surface area contributed by atoms with E-state index in [2.05, 4.69) is 0 Å². The molecule has 0 aliphatic carbocycles. The first-order valence-corrected chi connectivity index (χ1v) is 7.33. The minimum Gasteiger partial charge on any atom is -0.392 e. The van der Waals surface area contributed by atoms with Gasteiger partial charge in [-0.2, -0.15) is 0 Å². The van der Waals surface area contributed by atoms with Crippen LogP contribution in [0.15, 0.2) is 42.5 Å². The fraction of sp³-hybridized carbons (Fsp3) is 0.222. The molecule has 0 saturated heterocycles. The van der Waals surface area contributed by atoms with Gasteiger partial charge in [0.15, 0.2) is 17.4 Å². The van der Waals surface area contributed by atoms with Crippen LogP contribution in [0.4, 0.5) is 8.78 Å². The van der Waals surface area contributed by atoms with Gasteiger partial charge in [0.05, 0.1) is 11.7 Å². The van der Waals surface area contributed by atoms with E-state index in [1.807, 2.05) is 0 Å². The maximum atomic E-state index is 13.4. The van der Waals surface area contributed by atoms with Crippen LogP contribution in [-0.2, 0) is 0 Å². The lowest BCUT2D eigenvalue weighted by Crippen LogP contribution is -2.34. The standard InChI is InChI=1S/C18H17F2NO3/c1-11(22)10-21(2)18(24)14-6-4-3-5-13(14)17(23)12-7-8-15(19)16(20)9-12/h3-9,11,22H,10H2,1-2H3/t11-/m0/s1. The van der Waals surface area contributed by atoms with Crippen LogP contribution >= 0.6 is 0 Å². The van der Waals surface area contributed by atoms with Crippen LogP contribution < -0.4 is 0 Å². The van der Waals surface area contributed by atoms with Gasteiger partial charge in [0.2, 0.25) is 0 Å². The second-order valence-electron chi connectivity index (χ2n) is 5.54. The normalized spacial score (nSPS) is 11.9. The van der Waals surface area contributed by atoms with Gasteiger partial charge in [0.1, 0.15) is 0 Å². The van der Waals surface area contributed by atoms with Crippen LogP contribution in [0.1, 0.15) is 33.2 Å². The number of ketones is 1. The zero-order valence-electron chi connectivity index (χ0n) is 13.3. The molecule has 0 unspecified atom stereocenters. The van der Waals surface area contributed by atoms with Gasteiger partial charge in [-0.05, 0) is 31.2 Å². The molecule has 0 radical (unpaired) electrons. The van der Waals surface area contributed by atoms with E-state index in [9.17, 15) is 23.5 Å². The summed E-state index contributed by atoms with van der Waals surface area (Å²) in [7, 11) is 1.51. The third kappa shape index (κ3) is 3.83. The molecule has 4 nitrogen and oxygen atoms in total. The summed E-state index contributed by atoms with van der Waals surface area (Å²) in [6, 6.07) is 8.96. The molecule has 0 saturated carbocycles. The minimum absolute atomic E-state index is 0.0488. The lowest BCUT2D eigenvalue weighted by molar-refractivity contribution is 0.0700.